The summed E-state index contributed by atoms with van der Waals surface area (Å²) in [6.45, 7) is 2.71. The standard InChI is InChI=1S/C24H20O/c1-18-15-20-11-5-6-12-21(20)23(16-18)22-13-7-8-14-24(22)25-17-19-9-3-2-4-10-19/h2-16H,17H2,1H3. The van der Waals surface area contributed by atoms with Crippen LogP contribution in [0.2, 0.25) is 0 Å². The molecular weight excluding hydrogens is 304 g/mol. The van der Waals surface area contributed by atoms with Crippen molar-refractivity contribution >= 4 is 10.8 Å². The Kier molecular flexibility index (Phi) is 4.22. The molecule has 122 valence electrons. The van der Waals surface area contributed by atoms with Crippen molar-refractivity contribution in [2.75, 3.05) is 0 Å². The Balaban J connectivity index is 1.77. The van der Waals surface area contributed by atoms with Gasteiger partial charge < -0.3 is 4.74 Å². The lowest BCUT2D eigenvalue weighted by molar-refractivity contribution is 0.307. The lowest BCUT2D eigenvalue weighted by atomic mass is 9.95. The predicted molar refractivity (Wildman–Crippen MR) is 105 cm³/mol. The summed E-state index contributed by atoms with van der Waals surface area (Å²) in [6, 6.07) is 31.6. The van der Waals surface area contributed by atoms with Gasteiger partial charge in [-0.1, -0.05) is 84.9 Å². The summed E-state index contributed by atoms with van der Waals surface area (Å²) in [5.41, 5.74) is 4.79. The van der Waals surface area contributed by atoms with Crippen LogP contribution in [-0.4, -0.2) is 0 Å². The smallest absolute Gasteiger partial charge is 0.127 e. The molecule has 0 aliphatic rings. The third-order valence-electron chi connectivity index (χ3n) is 4.42. The van der Waals surface area contributed by atoms with Gasteiger partial charge in [-0.05, 0) is 40.5 Å². The van der Waals surface area contributed by atoms with E-state index in [1.807, 2.05) is 24.3 Å². The summed E-state index contributed by atoms with van der Waals surface area (Å²) in [6.07, 6.45) is 0. The summed E-state index contributed by atoms with van der Waals surface area (Å²) < 4.78 is 6.17. The van der Waals surface area contributed by atoms with Crippen molar-refractivity contribution in [2.45, 2.75) is 13.5 Å². The van der Waals surface area contributed by atoms with Crippen molar-refractivity contribution in [2.24, 2.45) is 0 Å². The van der Waals surface area contributed by atoms with Crippen LogP contribution in [0.15, 0.2) is 91.0 Å². The molecule has 0 aliphatic carbocycles. The van der Waals surface area contributed by atoms with Crippen molar-refractivity contribution < 1.29 is 4.74 Å². The normalized spacial score (nSPS) is 10.8. The van der Waals surface area contributed by atoms with Gasteiger partial charge in [0, 0.05) is 5.56 Å². The maximum atomic E-state index is 6.17. The van der Waals surface area contributed by atoms with Crippen molar-refractivity contribution in [3.05, 3.63) is 102 Å². The van der Waals surface area contributed by atoms with Gasteiger partial charge in [-0.3, -0.25) is 0 Å². The molecule has 1 nitrogen and oxygen atoms in total. The first-order valence-electron chi connectivity index (χ1n) is 8.57. The van der Waals surface area contributed by atoms with Crippen LogP contribution in [0.25, 0.3) is 21.9 Å². The number of aryl methyl sites for hydroxylation is 1. The number of hydrogen-bond acceptors (Lipinski definition) is 1. The fourth-order valence-corrected chi connectivity index (χ4v) is 3.23. The number of ether oxygens (including phenoxy) is 1. The average molecular weight is 324 g/mol. The molecule has 0 aliphatic heterocycles. The van der Waals surface area contributed by atoms with Gasteiger partial charge in [0.25, 0.3) is 0 Å². The van der Waals surface area contributed by atoms with Crippen LogP contribution in [-0.2, 0) is 6.61 Å². The minimum absolute atomic E-state index is 0.571. The van der Waals surface area contributed by atoms with Crippen molar-refractivity contribution in [3.8, 4) is 16.9 Å². The van der Waals surface area contributed by atoms with Gasteiger partial charge in [-0.2, -0.15) is 0 Å². The zero-order valence-electron chi connectivity index (χ0n) is 14.3. The second-order valence-electron chi connectivity index (χ2n) is 6.30. The van der Waals surface area contributed by atoms with Crippen LogP contribution in [0, 0.1) is 6.92 Å². The van der Waals surface area contributed by atoms with Gasteiger partial charge in [0.05, 0.1) is 0 Å². The first kappa shape index (κ1) is 15.5. The van der Waals surface area contributed by atoms with Crippen LogP contribution >= 0.6 is 0 Å². The molecule has 25 heavy (non-hydrogen) atoms. The van der Waals surface area contributed by atoms with E-state index < -0.39 is 0 Å². The van der Waals surface area contributed by atoms with Crippen molar-refractivity contribution in [3.63, 3.8) is 0 Å². The van der Waals surface area contributed by atoms with E-state index in [0.717, 1.165) is 11.3 Å². The molecule has 0 amide bonds. The van der Waals surface area contributed by atoms with Gasteiger partial charge in [-0.15, -0.1) is 0 Å². The zero-order chi connectivity index (χ0) is 17.1. The van der Waals surface area contributed by atoms with E-state index in [-0.39, 0.29) is 0 Å². The predicted octanol–water partition coefficient (Wildman–Crippen LogP) is 6.39. The SMILES string of the molecule is Cc1cc(-c2ccccc2OCc2ccccc2)c2ccccc2c1. The van der Waals surface area contributed by atoms with E-state index in [1.54, 1.807) is 0 Å². The molecule has 1 heteroatoms. The quantitative estimate of drug-likeness (QED) is 0.422. The van der Waals surface area contributed by atoms with E-state index in [0.29, 0.717) is 6.61 Å². The first-order chi connectivity index (χ1) is 12.3. The molecule has 0 radical (unpaired) electrons. The number of fused-ring (bicyclic) bond motifs is 1. The fraction of sp³-hybridized carbons (Fsp3) is 0.0833. The summed E-state index contributed by atoms with van der Waals surface area (Å²) in [7, 11) is 0. The average Bonchev–Trinajstić information content (AvgIpc) is 2.67. The third kappa shape index (κ3) is 3.27. The lowest BCUT2D eigenvalue weighted by Crippen LogP contribution is -1.97. The molecular formula is C24H20O. The zero-order valence-corrected chi connectivity index (χ0v) is 14.3. The Morgan fingerprint density at radius 2 is 1.40 bits per heavy atom. The van der Waals surface area contributed by atoms with Crippen molar-refractivity contribution in [1.29, 1.82) is 0 Å². The molecule has 0 fully saturated rings. The Morgan fingerprint density at radius 3 is 2.28 bits per heavy atom. The maximum Gasteiger partial charge on any atom is 0.127 e. The van der Waals surface area contributed by atoms with Gasteiger partial charge in [0.1, 0.15) is 12.4 Å². The molecule has 0 spiro atoms. The Labute approximate surface area is 148 Å². The molecule has 0 unspecified atom stereocenters. The van der Waals surface area contributed by atoms with Crippen molar-refractivity contribution in [1.82, 2.24) is 0 Å². The van der Waals surface area contributed by atoms with Gasteiger partial charge >= 0.3 is 0 Å². The van der Waals surface area contributed by atoms with Gasteiger partial charge in [0.2, 0.25) is 0 Å². The monoisotopic (exact) mass is 324 g/mol. The summed E-state index contributed by atoms with van der Waals surface area (Å²) in [5, 5.41) is 2.51. The number of benzene rings is 4. The van der Waals surface area contributed by atoms with Crippen LogP contribution in [0.1, 0.15) is 11.1 Å². The highest BCUT2D eigenvalue weighted by Gasteiger charge is 2.10. The second-order valence-corrected chi connectivity index (χ2v) is 6.30. The molecule has 0 aromatic heterocycles. The molecule has 0 saturated carbocycles. The Hall–Kier alpha value is -3.06. The number of rotatable bonds is 4. The minimum atomic E-state index is 0.571. The minimum Gasteiger partial charge on any atom is -0.488 e. The van der Waals surface area contributed by atoms with E-state index in [2.05, 4.69) is 73.7 Å². The van der Waals surface area contributed by atoms with E-state index in [1.165, 1.54) is 27.5 Å². The topological polar surface area (TPSA) is 9.23 Å². The highest BCUT2D eigenvalue weighted by Crippen LogP contribution is 2.36. The fourth-order valence-electron chi connectivity index (χ4n) is 3.23. The first-order valence-corrected chi connectivity index (χ1v) is 8.57. The van der Waals surface area contributed by atoms with Crippen LogP contribution in [0.5, 0.6) is 5.75 Å². The Morgan fingerprint density at radius 1 is 0.680 bits per heavy atom. The molecule has 0 N–H and O–H groups in total. The van der Waals surface area contributed by atoms with E-state index >= 15 is 0 Å². The molecule has 0 atom stereocenters. The third-order valence-corrected chi connectivity index (χ3v) is 4.42. The Bertz CT molecular complexity index is 1000. The highest BCUT2D eigenvalue weighted by atomic mass is 16.5. The van der Waals surface area contributed by atoms with E-state index in [4.69, 9.17) is 4.74 Å². The molecule has 4 rings (SSSR count). The van der Waals surface area contributed by atoms with Gasteiger partial charge in [-0.25, -0.2) is 0 Å². The molecule has 0 heterocycles. The molecule has 0 bridgehead atoms. The lowest BCUT2D eigenvalue weighted by Gasteiger charge is -2.14. The largest absolute Gasteiger partial charge is 0.488 e. The van der Waals surface area contributed by atoms with Crippen LogP contribution in [0.4, 0.5) is 0 Å². The number of hydrogen-bond donors (Lipinski definition) is 0. The summed E-state index contributed by atoms with van der Waals surface area (Å²) >= 11 is 0. The molecule has 4 aromatic rings. The summed E-state index contributed by atoms with van der Waals surface area (Å²) in [5.74, 6) is 0.919. The number of para-hydroxylation sites is 1. The maximum absolute atomic E-state index is 6.17. The molecule has 0 saturated heterocycles. The highest BCUT2D eigenvalue weighted by molar-refractivity contribution is 5.98. The second kappa shape index (κ2) is 6.82. The van der Waals surface area contributed by atoms with Crippen LogP contribution in [0.3, 0.4) is 0 Å². The van der Waals surface area contributed by atoms with Crippen LogP contribution < -0.4 is 4.74 Å². The van der Waals surface area contributed by atoms with E-state index in [9.17, 15) is 0 Å². The molecule has 4 aromatic carbocycles. The van der Waals surface area contributed by atoms with Gasteiger partial charge in [0.15, 0.2) is 0 Å². The summed E-state index contributed by atoms with van der Waals surface area (Å²) in [4.78, 5) is 0.